The summed E-state index contributed by atoms with van der Waals surface area (Å²) in [5.41, 5.74) is 1.39. The number of imidazole rings is 1. The van der Waals surface area contributed by atoms with Crippen LogP contribution >= 0.6 is 0 Å². The van der Waals surface area contributed by atoms with E-state index in [1.54, 1.807) is 6.33 Å². The van der Waals surface area contributed by atoms with E-state index in [4.69, 9.17) is 0 Å². The fourth-order valence-electron chi connectivity index (χ4n) is 3.07. The van der Waals surface area contributed by atoms with Crippen molar-refractivity contribution >= 4 is 30.8 Å². The van der Waals surface area contributed by atoms with Crippen molar-refractivity contribution in [2.45, 2.75) is 19.2 Å². The summed E-state index contributed by atoms with van der Waals surface area (Å²) >= 11 is 0. The maximum Gasteiger partial charge on any atom is 0.308 e. The molecule has 2 N–H and O–H groups in total. The van der Waals surface area contributed by atoms with E-state index in [1.807, 2.05) is 4.90 Å². The van der Waals surface area contributed by atoms with Crippen molar-refractivity contribution in [2.75, 3.05) is 18.0 Å². The van der Waals surface area contributed by atoms with E-state index in [0.717, 1.165) is 37.0 Å². The van der Waals surface area contributed by atoms with Gasteiger partial charge in [0.1, 0.15) is 19.7 Å². The van der Waals surface area contributed by atoms with E-state index in [1.165, 1.54) is 6.33 Å². The summed E-state index contributed by atoms with van der Waals surface area (Å²) in [5.74, 6) is -0.115. The molecule has 7 nitrogen and oxygen atoms in total. The van der Waals surface area contributed by atoms with Gasteiger partial charge in [0.2, 0.25) is 0 Å². The Morgan fingerprint density at radius 1 is 1.43 bits per heavy atom. The van der Waals surface area contributed by atoms with Gasteiger partial charge in [0.25, 0.3) is 0 Å². The van der Waals surface area contributed by atoms with E-state index < -0.39 is 5.97 Å². The zero-order chi connectivity index (χ0) is 14.8. The molecule has 1 aliphatic heterocycles. The number of carbonyl (C=O) groups is 1. The van der Waals surface area contributed by atoms with Gasteiger partial charge in [-0.05, 0) is 12.3 Å². The molecule has 0 aromatic carbocycles. The molecule has 21 heavy (non-hydrogen) atoms. The Kier molecular flexibility index (Phi) is 3.77. The number of anilines is 1. The minimum absolute atomic E-state index is 0.176. The molecule has 0 saturated carbocycles. The highest BCUT2D eigenvalue weighted by atomic mass is 16.4. The number of carboxylic acids is 1. The monoisotopic (exact) mass is 287 g/mol. The Morgan fingerprint density at radius 2 is 2.29 bits per heavy atom. The first-order valence-electron chi connectivity index (χ1n) is 7.32. The Labute approximate surface area is 123 Å². The summed E-state index contributed by atoms with van der Waals surface area (Å²) in [6.07, 6.45) is 6.16. The lowest BCUT2D eigenvalue weighted by Crippen LogP contribution is -2.24. The number of aromatic nitrogens is 4. The SMILES string of the molecule is BCCC[C@H]1CN(c2ncnc3nc[nH]c23)C[C@H]1C(=O)O. The normalized spacial score (nSPS) is 22.0. The number of carboxylic acid groups (broad SMARTS) is 1. The van der Waals surface area contributed by atoms with Gasteiger partial charge in [-0.25, -0.2) is 15.0 Å². The molecule has 1 saturated heterocycles. The second-order valence-electron chi connectivity index (χ2n) is 5.55. The molecular weight excluding hydrogens is 269 g/mol. The van der Waals surface area contributed by atoms with Crippen LogP contribution in [0.5, 0.6) is 0 Å². The third kappa shape index (κ3) is 2.57. The molecule has 0 radical (unpaired) electrons. The molecule has 1 aliphatic rings. The van der Waals surface area contributed by atoms with Gasteiger partial charge in [-0.1, -0.05) is 12.7 Å². The number of aromatic amines is 1. The van der Waals surface area contributed by atoms with Gasteiger partial charge in [-0.15, -0.1) is 0 Å². The van der Waals surface area contributed by atoms with Crippen LogP contribution in [0.1, 0.15) is 12.8 Å². The fraction of sp³-hybridized carbons (Fsp3) is 0.538. The maximum absolute atomic E-state index is 11.5. The lowest BCUT2D eigenvalue weighted by molar-refractivity contribution is -0.142. The Hall–Kier alpha value is -2.12. The molecule has 8 heteroatoms. The number of nitrogens with zero attached hydrogens (tertiary/aromatic N) is 4. The topological polar surface area (TPSA) is 95.0 Å². The summed E-state index contributed by atoms with van der Waals surface area (Å²) in [5, 5.41) is 9.44. The average Bonchev–Trinajstić information content (AvgIpc) is 3.11. The minimum atomic E-state index is -0.714. The molecule has 2 aromatic rings. The van der Waals surface area contributed by atoms with Crippen molar-refractivity contribution in [2.24, 2.45) is 11.8 Å². The van der Waals surface area contributed by atoms with Gasteiger partial charge >= 0.3 is 5.97 Å². The Balaban J connectivity index is 1.86. The van der Waals surface area contributed by atoms with Crippen LogP contribution in [0.3, 0.4) is 0 Å². The van der Waals surface area contributed by atoms with Gasteiger partial charge in [-0.3, -0.25) is 4.79 Å². The van der Waals surface area contributed by atoms with Gasteiger partial charge in [0.15, 0.2) is 11.5 Å². The first-order chi connectivity index (χ1) is 10.2. The largest absolute Gasteiger partial charge is 0.481 e. The third-order valence-corrected chi connectivity index (χ3v) is 4.19. The second-order valence-corrected chi connectivity index (χ2v) is 5.55. The number of hydrogen-bond acceptors (Lipinski definition) is 5. The van der Waals surface area contributed by atoms with Crippen molar-refractivity contribution in [3.63, 3.8) is 0 Å². The van der Waals surface area contributed by atoms with E-state index in [0.29, 0.717) is 12.2 Å². The molecule has 3 heterocycles. The van der Waals surface area contributed by atoms with Crippen molar-refractivity contribution < 1.29 is 9.90 Å². The van der Waals surface area contributed by atoms with Crippen molar-refractivity contribution in [1.29, 1.82) is 0 Å². The van der Waals surface area contributed by atoms with E-state index in [9.17, 15) is 9.90 Å². The first-order valence-corrected chi connectivity index (χ1v) is 7.32. The molecular formula is C13H18BN5O2. The number of H-pyrrole nitrogens is 1. The number of aliphatic carboxylic acids is 1. The number of fused-ring (bicyclic) bond motifs is 1. The highest BCUT2D eigenvalue weighted by Gasteiger charge is 2.38. The zero-order valence-corrected chi connectivity index (χ0v) is 12.0. The van der Waals surface area contributed by atoms with Crippen molar-refractivity contribution in [3.8, 4) is 0 Å². The highest BCUT2D eigenvalue weighted by Crippen LogP contribution is 2.32. The third-order valence-electron chi connectivity index (χ3n) is 4.19. The molecule has 0 bridgehead atoms. The summed E-state index contributed by atoms with van der Waals surface area (Å²) < 4.78 is 0. The number of nitrogens with one attached hydrogen (secondary N) is 1. The average molecular weight is 287 g/mol. The van der Waals surface area contributed by atoms with Gasteiger partial charge in [-0.2, -0.15) is 0 Å². The molecule has 110 valence electrons. The van der Waals surface area contributed by atoms with E-state index in [2.05, 4.69) is 27.8 Å². The van der Waals surface area contributed by atoms with Gasteiger partial charge in [0, 0.05) is 13.1 Å². The van der Waals surface area contributed by atoms with Crippen molar-refractivity contribution in [3.05, 3.63) is 12.7 Å². The summed E-state index contributed by atoms with van der Waals surface area (Å²) in [4.78, 5) is 29.1. The number of hydrogen-bond donors (Lipinski definition) is 2. The molecule has 2 aromatic heterocycles. The standard InChI is InChI=1S/C13H18BN5O2/c14-3-1-2-8-4-19(5-9(8)13(20)21)12-10-11(16-6-15-10)17-7-18-12/h6-9H,1-5,14H2,(H,20,21)(H,15,16,17,18)/t8-,9+/m0/s1. The highest BCUT2D eigenvalue weighted by molar-refractivity contribution is 6.08. The van der Waals surface area contributed by atoms with Crippen molar-refractivity contribution in [1.82, 2.24) is 19.9 Å². The molecule has 0 amide bonds. The van der Waals surface area contributed by atoms with E-state index in [-0.39, 0.29) is 11.8 Å². The predicted molar refractivity (Wildman–Crippen MR) is 81.1 cm³/mol. The maximum atomic E-state index is 11.5. The smallest absolute Gasteiger partial charge is 0.308 e. The Bertz CT molecular complexity index is 646. The van der Waals surface area contributed by atoms with Gasteiger partial charge in [0.05, 0.1) is 12.2 Å². The summed E-state index contributed by atoms with van der Waals surface area (Å²) in [7, 11) is 2.13. The number of rotatable bonds is 5. The van der Waals surface area contributed by atoms with Gasteiger partial charge < -0.3 is 15.0 Å². The van der Waals surface area contributed by atoms with Crippen LogP contribution in [0.25, 0.3) is 11.2 Å². The molecule has 3 rings (SSSR count). The molecule has 0 aliphatic carbocycles. The van der Waals surface area contributed by atoms with E-state index >= 15 is 0 Å². The fourth-order valence-corrected chi connectivity index (χ4v) is 3.07. The lowest BCUT2D eigenvalue weighted by atomic mass is 9.88. The molecule has 1 fully saturated rings. The minimum Gasteiger partial charge on any atom is -0.481 e. The molecule has 0 spiro atoms. The second kappa shape index (κ2) is 5.71. The zero-order valence-electron chi connectivity index (χ0n) is 12.0. The van der Waals surface area contributed by atoms with Crippen LogP contribution in [0, 0.1) is 11.8 Å². The predicted octanol–water partition coefficient (Wildman–Crippen LogP) is 0.321. The van der Waals surface area contributed by atoms with Crippen LogP contribution in [0.2, 0.25) is 6.32 Å². The Morgan fingerprint density at radius 3 is 3.05 bits per heavy atom. The van der Waals surface area contributed by atoms with Crippen LogP contribution in [0.4, 0.5) is 5.82 Å². The van der Waals surface area contributed by atoms with Crippen LogP contribution in [-0.4, -0.2) is 51.9 Å². The van der Waals surface area contributed by atoms with Crippen LogP contribution in [-0.2, 0) is 4.79 Å². The van der Waals surface area contributed by atoms with Crippen LogP contribution in [0.15, 0.2) is 12.7 Å². The molecule has 2 atom stereocenters. The summed E-state index contributed by atoms with van der Waals surface area (Å²) in [6, 6.07) is 0. The quantitative estimate of drug-likeness (QED) is 0.769. The molecule has 0 unspecified atom stereocenters. The summed E-state index contributed by atoms with van der Waals surface area (Å²) in [6.45, 7) is 1.22. The first kappa shape index (κ1) is 13.8. The lowest BCUT2D eigenvalue weighted by Gasteiger charge is -2.17. The van der Waals surface area contributed by atoms with Crippen LogP contribution < -0.4 is 4.90 Å².